The van der Waals surface area contributed by atoms with Crippen LogP contribution < -0.4 is 14.6 Å². The summed E-state index contributed by atoms with van der Waals surface area (Å²) in [5.74, 6) is 0.259. The second-order valence-corrected chi connectivity index (χ2v) is 14.6. The van der Waals surface area contributed by atoms with Crippen LogP contribution in [0.5, 0.6) is 11.5 Å². The molecule has 0 bridgehead atoms. The van der Waals surface area contributed by atoms with Gasteiger partial charge in [-0.2, -0.15) is 10.2 Å². The summed E-state index contributed by atoms with van der Waals surface area (Å²) < 4.78 is 12.5. The Morgan fingerprint density at radius 1 is 0.451 bits per heavy atom. The number of hydrogen-bond donors (Lipinski definition) is 0. The summed E-state index contributed by atoms with van der Waals surface area (Å²) >= 11 is 0. The molecule has 0 atom stereocenters. The first kappa shape index (κ1) is 44.3. The number of carboxylic acids is 1. The van der Waals surface area contributed by atoms with E-state index in [2.05, 4.69) is 24.1 Å². The first-order chi connectivity index (χ1) is 25.1. The molecule has 0 saturated carbocycles. The minimum Gasteiger partial charge on any atom is -0.545 e. The molecule has 6 heteroatoms. The van der Waals surface area contributed by atoms with Crippen LogP contribution in [0.2, 0.25) is 0 Å². The van der Waals surface area contributed by atoms with Crippen LogP contribution in [0.4, 0.5) is 11.4 Å². The second-order valence-electron chi connectivity index (χ2n) is 14.6. The van der Waals surface area contributed by atoms with Crippen LogP contribution in [0.15, 0.2) is 52.7 Å². The van der Waals surface area contributed by atoms with Gasteiger partial charge in [-0.25, -0.2) is 0 Å². The van der Waals surface area contributed by atoms with E-state index in [1.807, 2.05) is 18.2 Å². The Balaban J connectivity index is 1.69. The van der Waals surface area contributed by atoms with Crippen LogP contribution in [0, 0.1) is 0 Å². The molecular weight excluding hydrogens is 633 g/mol. The Labute approximate surface area is 312 Å². The number of ether oxygens (including phenoxy) is 2. The molecule has 0 amide bonds. The van der Waals surface area contributed by atoms with Crippen LogP contribution in [-0.2, 0) is 0 Å². The topological polar surface area (TPSA) is 83.3 Å². The number of rotatable bonds is 35. The van der Waals surface area contributed by atoms with Crippen LogP contribution in [0.3, 0.4) is 0 Å². The van der Waals surface area contributed by atoms with Crippen molar-refractivity contribution in [1.29, 1.82) is 0 Å². The molecule has 0 spiro atoms. The predicted octanol–water partition coefficient (Wildman–Crippen LogP) is 14.2. The van der Waals surface area contributed by atoms with E-state index in [1.165, 1.54) is 179 Å². The average molecular weight is 706 g/mol. The molecule has 0 aliphatic heterocycles. The lowest BCUT2D eigenvalue weighted by molar-refractivity contribution is -0.255. The number of azo groups is 1. The largest absolute Gasteiger partial charge is 0.545 e. The van der Waals surface area contributed by atoms with Crippen molar-refractivity contribution in [3.8, 4) is 11.5 Å². The summed E-state index contributed by atoms with van der Waals surface area (Å²) in [6, 6.07) is 11.9. The fraction of sp³-hybridized carbons (Fsp3) is 0.711. The normalized spacial score (nSPS) is 11.4. The number of benzene rings is 2. The van der Waals surface area contributed by atoms with E-state index in [0.29, 0.717) is 30.3 Å². The summed E-state index contributed by atoms with van der Waals surface area (Å²) in [5.41, 5.74) is 1.36. The molecule has 0 N–H and O–H groups in total. The van der Waals surface area contributed by atoms with E-state index in [1.54, 1.807) is 12.1 Å². The Kier molecular flexibility index (Phi) is 27.6. The number of hydrogen-bond acceptors (Lipinski definition) is 6. The lowest BCUT2D eigenvalue weighted by atomic mass is 10.0. The lowest BCUT2D eigenvalue weighted by Gasteiger charge is -2.13. The molecule has 0 heterocycles. The molecule has 0 aliphatic carbocycles. The van der Waals surface area contributed by atoms with Gasteiger partial charge in [-0.1, -0.05) is 193 Å². The van der Waals surface area contributed by atoms with Gasteiger partial charge in [0.25, 0.3) is 0 Å². The van der Waals surface area contributed by atoms with Crippen molar-refractivity contribution in [1.82, 2.24) is 0 Å². The van der Waals surface area contributed by atoms with E-state index in [9.17, 15) is 9.90 Å². The number of carboxylic acid groups (broad SMARTS) is 1. The summed E-state index contributed by atoms with van der Waals surface area (Å²) in [6.45, 7) is 5.89. The van der Waals surface area contributed by atoms with E-state index in [-0.39, 0.29) is 5.56 Å². The summed E-state index contributed by atoms with van der Waals surface area (Å²) in [7, 11) is 0. The first-order valence-corrected chi connectivity index (χ1v) is 21.3. The smallest absolute Gasteiger partial charge is 0.163 e. The van der Waals surface area contributed by atoms with Gasteiger partial charge in [0.2, 0.25) is 0 Å². The maximum absolute atomic E-state index is 11.0. The van der Waals surface area contributed by atoms with Gasteiger partial charge in [0.05, 0.1) is 30.6 Å². The monoisotopic (exact) mass is 706 g/mol. The zero-order valence-electron chi connectivity index (χ0n) is 32.8. The third-order valence-electron chi connectivity index (χ3n) is 9.82. The maximum atomic E-state index is 11.0. The standard InChI is InChI=1S/C45H74N2O4/c1-3-5-7-9-11-13-15-17-19-21-23-25-27-29-37-50-43-36-35-42(47-46-41-33-31-40(32-34-41)45(48)49)39-44(43)51-38-30-28-26-24-22-20-18-16-14-12-10-8-6-4-2/h31-36,39H,3-30,37-38H2,1-2H3,(H,48,49)/p-1. The Hall–Kier alpha value is -2.89. The predicted molar refractivity (Wildman–Crippen MR) is 213 cm³/mol. The Bertz CT molecular complexity index is 1130. The molecular formula is C45H73N2O4-. The van der Waals surface area contributed by atoms with Crippen molar-refractivity contribution < 1.29 is 19.4 Å². The minimum atomic E-state index is -1.20. The molecule has 2 rings (SSSR count). The molecule has 0 aromatic heterocycles. The van der Waals surface area contributed by atoms with Crippen LogP contribution >= 0.6 is 0 Å². The third kappa shape index (κ3) is 24.1. The molecule has 6 nitrogen and oxygen atoms in total. The van der Waals surface area contributed by atoms with E-state index >= 15 is 0 Å². The molecule has 0 unspecified atom stereocenters. The summed E-state index contributed by atoms with van der Waals surface area (Å²) in [5, 5.41) is 19.7. The van der Waals surface area contributed by atoms with Crippen molar-refractivity contribution >= 4 is 17.3 Å². The average Bonchev–Trinajstić information content (AvgIpc) is 3.14. The highest BCUT2D eigenvalue weighted by Gasteiger charge is 2.08. The van der Waals surface area contributed by atoms with Gasteiger partial charge < -0.3 is 19.4 Å². The zero-order chi connectivity index (χ0) is 36.5. The van der Waals surface area contributed by atoms with Crippen LogP contribution in [-0.4, -0.2) is 19.2 Å². The zero-order valence-corrected chi connectivity index (χ0v) is 32.8. The highest BCUT2D eigenvalue weighted by atomic mass is 16.5. The fourth-order valence-electron chi connectivity index (χ4n) is 6.53. The fourth-order valence-corrected chi connectivity index (χ4v) is 6.53. The van der Waals surface area contributed by atoms with Crippen molar-refractivity contribution in [3.63, 3.8) is 0 Å². The molecule has 0 fully saturated rings. The Morgan fingerprint density at radius 2 is 0.784 bits per heavy atom. The van der Waals surface area contributed by atoms with Gasteiger partial charge >= 0.3 is 0 Å². The lowest BCUT2D eigenvalue weighted by Crippen LogP contribution is -2.21. The molecule has 0 saturated heterocycles. The summed E-state index contributed by atoms with van der Waals surface area (Å²) in [4.78, 5) is 11.0. The highest BCUT2D eigenvalue weighted by Crippen LogP contribution is 2.33. The van der Waals surface area contributed by atoms with Gasteiger partial charge in [-0.3, -0.25) is 0 Å². The number of carbonyl (C=O) groups excluding carboxylic acids is 1. The quantitative estimate of drug-likeness (QED) is 0.0528. The Morgan fingerprint density at radius 3 is 1.18 bits per heavy atom. The van der Waals surface area contributed by atoms with Crippen LogP contribution in [0.25, 0.3) is 0 Å². The van der Waals surface area contributed by atoms with Crippen molar-refractivity contribution in [3.05, 3.63) is 48.0 Å². The second kappa shape index (κ2) is 31.8. The molecule has 51 heavy (non-hydrogen) atoms. The van der Waals surface area contributed by atoms with Crippen molar-refractivity contribution in [2.24, 2.45) is 10.2 Å². The molecule has 0 radical (unpaired) electrons. The highest BCUT2D eigenvalue weighted by molar-refractivity contribution is 5.86. The van der Waals surface area contributed by atoms with Crippen molar-refractivity contribution in [2.75, 3.05) is 13.2 Å². The summed E-state index contributed by atoms with van der Waals surface area (Å²) in [6.07, 6.45) is 37.4. The number of aromatic carboxylic acids is 1. The number of unbranched alkanes of at least 4 members (excludes halogenated alkanes) is 26. The van der Waals surface area contributed by atoms with E-state index in [0.717, 1.165) is 18.6 Å². The van der Waals surface area contributed by atoms with E-state index in [4.69, 9.17) is 9.47 Å². The molecule has 2 aromatic rings. The van der Waals surface area contributed by atoms with Crippen LogP contribution in [0.1, 0.15) is 204 Å². The number of nitrogens with zero attached hydrogens (tertiary/aromatic N) is 2. The van der Waals surface area contributed by atoms with Gasteiger partial charge in [0.15, 0.2) is 11.5 Å². The molecule has 288 valence electrons. The molecule has 2 aromatic carbocycles. The van der Waals surface area contributed by atoms with Gasteiger partial charge in [-0.05, 0) is 42.7 Å². The maximum Gasteiger partial charge on any atom is 0.163 e. The minimum absolute atomic E-state index is 0.119. The third-order valence-corrected chi connectivity index (χ3v) is 9.82. The van der Waals surface area contributed by atoms with E-state index < -0.39 is 5.97 Å². The van der Waals surface area contributed by atoms with Gasteiger partial charge in [-0.15, -0.1) is 0 Å². The SMILES string of the molecule is CCCCCCCCCCCCCCCCOc1ccc(N=Nc2ccc(C(=O)[O-])cc2)cc1OCCCCCCCCCCCCCCCC. The van der Waals surface area contributed by atoms with Crippen molar-refractivity contribution in [2.45, 2.75) is 194 Å². The van der Waals surface area contributed by atoms with Gasteiger partial charge in [0, 0.05) is 6.07 Å². The van der Waals surface area contributed by atoms with Gasteiger partial charge in [0.1, 0.15) is 0 Å². The number of carbonyl (C=O) groups is 1. The molecule has 0 aliphatic rings. The first-order valence-electron chi connectivity index (χ1n) is 21.3.